The van der Waals surface area contributed by atoms with E-state index in [1.54, 1.807) is 33.8 Å². The van der Waals surface area contributed by atoms with Gasteiger partial charge in [-0.25, -0.2) is 4.79 Å². The van der Waals surface area contributed by atoms with Crippen LogP contribution >= 0.6 is 23.2 Å². The Morgan fingerprint density at radius 1 is 1.21 bits per heavy atom. The number of ether oxygens (including phenoxy) is 1. The van der Waals surface area contributed by atoms with Gasteiger partial charge in [0.05, 0.1) is 12.5 Å². The van der Waals surface area contributed by atoms with E-state index in [1.165, 1.54) is 0 Å². The molecule has 0 fully saturated rings. The smallest absolute Gasteiger partial charge is 0.407 e. The summed E-state index contributed by atoms with van der Waals surface area (Å²) in [6.07, 6.45) is -2.49. The molecule has 0 bridgehead atoms. The lowest BCUT2D eigenvalue weighted by Gasteiger charge is -2.28. The Morgan fingerprint density at radius 2 is 1.79 bits per heavy atom. The SMILES string of the molecule is Cc1ccc(N(CCCl)CCCl)cc1C(O)[C@@H](CC(=O)O)NC(=O)OC(C)(C)C. The van der Waals surface area contributed by atoms with Gasteiger partial charge in [-0.2, -0.15) is 0 Å². The molecule has 0 aliphatic heterocycles. The van der Waals surface area contributed by atoms with Crippen molar-refractivity contribution < 1.29 is 24.5 Å². The van der Waals surface area contributed by atoms with Crippen LogP contribution in [0.2, 0.25) is 0 Å². The minimum atomic E-state index is -1.24. The van der Waals surface area contributed by atoms with Crippen molar-refractivity contribution in [3.63, 3.8) is 0 Å². The summed E-state index contributed by atoms with van der Waals surface area (Å²) in [5.74, 6) is -0.334. The monoisotopic (exact) mass is 448 g/mol. The first-order chi connectivity index (χ1) is 13.5. The number of hydrogen-bond donors (Lipinski definition) is 3. The second-order valence-corrected chi connectivity index (χ2v) is 8.46. The molecule has 0 radical (unpaired) electrons. The Kier molecular flexibility index (Phi) is 10.0. The molecule has 2 atom stereocenters. The first kappa shape index (κ1) is 25.3. The molecule has 1 amide bonds. The highest BCUT2D eigenvalue weighted by Gasteiger charge is 2.29. The number of aliphatic carboxylic acids is 1. The highest BCUT2D eigenvalue weighted by atomic mass is 35.5. The van der Waals surface area contributed by atoms with Crippen LogP contribution in [-0.2, 0) is 9.53 Å². The Balaban J connectivity index is 3.16. The van der Waals surface area contributed by atoms with Gasteiger partial charge in [0.25, 0.3) is 0 Å². The summed E-state index contributed by atoms with van der Waals surface area (Å²) in [5.41, 5.74) is 1.33. The number of alkyl halides is 2. The van der Waals surface area contributed by atoms with Crippen LogP contribution in [0.1, 0.15) is 44.4 Å². The lowest BCUT2D eigenvalue weighted by Crippen LogP contribution is -2.43. The van der Waals surface area contributed by atoms with E-state index >= 15 is 0 Å². The van der Waals surface area contributed by atoms with Crippen LogP contribution in [-0.4, -0.2) is 58.8 Å². The van der Waals surface area contributed by atoms with Gasteiger partial charge in [0.2, 0.25) is 0 Å². The quantitative estimate of drug-likeness (QED) is 0.472. The maximum atomic E-state index is 12.1. The molecule has 7 nitrogen and oxygen atoms in total. The first-order valence-electron chi connectivity index (χ1n) is 9.35. The molecule has 0 aliphatic carbocycles. The summed E-state index contributed by atoms with van der Waals surface area (Å²) in [6, 6.07) is 4.42. The fourth-order valence-corrected chi connectivity index (χ4v) is 3.23. The van der Waals surface area contributed by atoms with Gasteiger partial charge in [-0.3, -0.25) is 4.79 Å². The van der Waals surface area contributed by atoms with Gasteiger partial charge in [-0.1, -0.05) is 6.07 Å². The number of rotatable bonds is 10. The largest absolute Gasteiger partial charge is 0.481 e. The van der Waals surface area contributed by atoms with Crippen LogP contribution in [0, 0.1) is 6.92 Å². The number of nitrogens with zero attached hydrogens (tertiary/aromatic N) is 1. The average molecular weight is 449 g/mol. The number of nitrogens with one attached hydrogen (secondary N) is 1. The van der Waals surface area contributed by atoms with E-state index in [1.807, 2.05) is 17.0 Å². The minimum absolute atomic E-state index is 0.407. The molecule has 9 heteroatoms. The molecule has 1 unspecified atom stereocenters. The van der Waals surface area contributed by atoms with Crippen molar-refractivity contribution in [2.45, 2.75) is 51.9 Å². The third kappa shape index (κ3) is 8.68. The van der Waals surface area contributed by atoms with E-state index in [9.17, 15) is 19.8 Å². The topological polar surface area (TPSA) is 99.1 Å². The van der Waals surface area contributed by atoms with Gasteiger partial charge in [-0.15, -0.1) is 23.2 Å². The van der Waals surface area contributed by atoms with E-state index in [2.05, 4.69) is 5.32 Å². The van der Waals surface area contributed by atoms with Crippen molar-refractivity contribution >= 4 is 41.0 Å². The predicted octanol–water partition coefficient (Wildman–Crippen LogP) is 3.68. The molecule has 1 aromatic rings. The van der Waals surface area contributed by atoms with E-state index in [0.29, 0.717) is 30.4 Å². The Labute approximate surface area is 181 Å². The second kappa shape index (κ2) is 11.5. The molecule has 1 rings (SSSR count). The normalized spacial score (nSPS) is 13.5. The van der Waals surface area contributed by atoms with Crippen LogP contribution in [0.4, 0.5) is 10.5 Å². The number of benzene rings is 1. The molecule has 3 N–H and O–H groups in total. The van der Waals surface area contributed by atoms with Gasteiger partial charge in [0.1, 0.15) is 11.7 Å². The third-order valence-electron chi connectivity index (χ3n) is 4.13. The van der Waals surface area contributed by atoms with Crippen molar-refractivity contribution in [2.24, 2.45) is 0 Å². The van der Waals surface area contributed by atoms with Crippen molar-refractivity contribution in [2.75, 3.05) is 29.7 Å². The fourth-order valence-electron chi connectivity index (χ4n) is 2.82. The molecule has 0 saturated carbocycles. The van der Waals surface area contributed by atoms with E-state index in [0.717, 1.165) is 11.3 Å². The molecule has 0 spiro atoms. The van der Waals surface area contributed by atoms with Gasteiger partial charge < -0.3 is 25.2 Å². The summed E-state index contributed by atoms with van der Waals surface area (Å²) in [7, 11) is 0. The number of aliphatic hydroxyl groups is 1. The number of hydrogen-bond acceptors (Lipinski definition) is 5. The number of aryl methyl sites for hydroxylation is 1. The Hall–Kier alpha value is -1.70. The number of anilines is 1. The molecule has 29 heavy (non-hydrogen) atoms. The van der Waals surface area contributed by atoms with E-state index in [4.69, 9.17) is 27.9 Å². The predicted molar refractivity (Wildman–Crippen MR) is 115 cm³/mol. The minimum Gasteiger partial charge on any atom is -0.481 e. The van der Waals surface area contributed by atoms with Crippen molar-refractivity contribution in [3.05, 3.63) is 29.3 Å². The molecule has 0 aliphatic rings. The fraction of sp³-hybridized carbons (Fsp3) is 0.600. The molecular weight excluding hydrogens is 419 g/mol. The summed E-state index contributed by atoms with van der Waals surface area (Å²) < 4.78 is 5.20. The number of halogens is 2. The van der Waals surface area contributed by atoms with Gasteiger partial charge in [0.15, 0.2) is 0 Å². The zero-order valence-electron chi connectivity index (χ0n) is 17.2. The van der Waals surface area contributed by atoms with Crippen molar-refractivity contribution in [1.82, 2.24) is 5.32 Å². The maximum Gasteiger partial charge on any atom is 0.407 e. The summed E-state index contributed by atoms with van der Waals surface area (Å²) in [4.78, 5) is 25.4. The zero-order chi connectivity index (χ0) is 22.2. The molecule has 164 valence electrons. The van der Waals surface area contributed by atoms with E-state index in [-0.39, 0.29) is 0 Å². The standard InChI is InChI=1S/C20H30Cl2N2O5/c1-13-5-6-14(24(9-7-21)10-8-22)11-15(13)18(27)16(12-17(25)26)23-19(28)29-20(2,3)4/h5-6,11,16,18,27H,7-10,12H2,1-4H3,(H,23,28)(H,25,26)/t16-,18?/m1/s1. The molecule has 0 heterocycles. The first-order valence-corrected chi connectivity index (χ1v) is 10.4. The van der Waals surface area contributed by atoms with Gasteiger partial charge in [0, 0.05) is 30.5 Å². The number of amides is 1. The maximum absolute atomic E-state index is 12.1. The third-order valence-corrected chi connectivity index (χ3v) is 4.47. The lowest BCUT2D eigenvalue weighted by molar-refractivity contribution is -0.138. The number of carboxylic acids is 1. The number of carboxylic acid groups (broad SMARTS) is 1. The number of aliphatic hydroxyl groups excluding tert-OH is 1. The summed E-state index contributed by atoms with van der Waals surface area (Å²) >= 11 is 11.7. The van der Waals surface area contributed by atoms with E-state index < -0.39 is 36.2 Å². The van der Waals surface area contributed by atoms with Crippen LogP contribution in [0.3, 0.4) is 0 Å². The lowest BCUT2D eigenvalue weighted by atomic mass is 9.95. The molecule has 0 saturated heterocycles. The van der Waals surface area contributed by atoms with Crippen LogP contribution in [0.5, 0.6) is 0 Å². The zero-order valence-corrected chi connectivity index (χ0v) is 18.8. The summed E-state index contributed by atoms with van der Waals surface area (Å²) in [6.45, 7) is 8.05. The highest BCUT2D eigenvalue weighted by molar-refractivity contribution is 6.18. The average Bonchev–Trinajstić information content (AvgIpc) is 2.59. The number of carbonyl (C=O) groups is 2. The van der Waals surface area contributed by atoms with Crippen molar-refractivity contribution in [3.8, 4) is 0 Å². The molecule has 0 aromatic heterocycles. The Bertz CT molecular complexity index is 688. The van der Waals surface area contributed by atoms with Crippen LogP contribution in [0.15, 0.2) is 18.2 Å². The van der Waals surface area contributed by atoms with Gasteiger partial charge >= 0.3 is 12.1 Å². The van der Waals surface area contributed by atoms with Crippen molar-refractivity contribution in [1.29, 1.82) is 0 Å². The molecular formula is C20H30Cl2N2O5. The second-order valence-electron chi connectivity index (χ2n) is 7.70. The summed E-state index contributed by atoms with van der Waals surface area (Å²) in [5, 5.41) is 22.6. The number of carbonyl (C=O) groups excluding carboxylic acids is 1. The van der Waals surface area contributed by atoms with Gasteiger partial charge in [-0.05, 0) is 51.0 Å². The van der Waals surface area contributed by atoms with Crippen LogP contribution in [0.25, 0.3) is 0 Å². The van der Waals surface area contributed by atoms with Crippen LogP contribution < -0.4 is 10.2 Å². The number of alkyl carbamates (subject to hydrolysis) is 1. The highest BCUT2D eigenvalue weighted by Crippen LogP contribution is 2.28. The Morgan fingerprint density at radius 3 is 2.28 bits per heavy atom. The molecule has 1 aromatic carbocycles.